The summed E-state index contributed by atoms with van der Waals surface area (Å²) in [5, 5.41) is 14.1. The summed E-state index contributed by atoms with van der Waals surface area (Å²) in [6.45, 7) is 3.12. The summed E-state index contributed by atoms with van der Waals surface area (Å²) in [7, 11) is 0. The summed E-state index contributed by atoms with van der Waals surface area (Å²) in [6, 6.07) is 11.7. The van der Waals surface area contributed by atoms with Gasteiger partial charge in [0.2, 0.25) is 0 Å². The average molecular weight is 446 g/mol. The zero-order chi connectivity index (χ0) is 22.0. The Kier molecular flexibility index (Phi) is 6.16. The molecule has 2 heterocycles. The summed E-state index contributed by atoms with van der Waals surface area (Å²) in [5.74, 6) is -0.300. The zero-order valence-corrected chi connectivity index (χ0v) is 18.0. The van der Waals surface area contributed by atoms with Crippen molar-refractivity contribution in [2.45, 2.75) is 37.9 Å². The molecule has 1 spiro atoms. The van der Waals surface area contributed by atoms with Gasteiger partial charge in [0.05, 0.1) is 11.6 Å². The molecule has 164 valence electrons. The fourth-order valence-electron chi connectivity index (χ4n) is 4.25. The molecule has 6 nitrogen and oxygen atoms in total. The van der Waals surface area contributed by atoms with Crippen LogP contribution >= 0.6 is 11.6 Å². The third-order valence-electron chi connectivity index (χ3n) is 5.87. The maximum absolute atomic E-state index is 13.7. The summed E-state index contributed by atoms with van der Waals surface area (Å²) in [6.07, 6.45) is 1.38. The summed E-state index contributed by atoms with van der Waals surface area (Å²) < 4.78 is 18.9. The number of aliphatic imine (C=N–C) groups is 1. The van der Waals surface area contributed by atoms with E-state index < -0.39 is 11.5 Å². The number of nitrogens with zero attached hydrogens (tertiary/aromatic N) is 2. The van der Waals surface area contributed by atoms with Gasteiger partial charge in [-0.05, 0) is 36.8 Å². The molecule has 31 heavy (non-hydrogen) atoms. The molecule has 0 aromatic heterocycles. The average Bonchev–Trinajstić information content (AvgIpc) is 2.76. The molecule has 4 rings (SSSR count). The van der Waals surface area contributed by atoms with Gasteiger partial charge in [0.15, 0.2) is 0 Å². The highest BCUT2D eigenvalue weighted by Gasteiger charge is 2.41. The number of carbonyl (C=O) groups excluding carboxylic acids is 1. The molecule has 0 unspecified atom stereocenters. The van der Waals surface area contributed by atoms with Gasteiger partial charge in [0.25, 0.3) is 0 Å². The molecule has 2 aliphatic heterocycles. The van der Waals surface area contributed by atoms with Crippen LogP contribution in [-0.4, -0.2) is 47.2 Å². The number of ether oxygens (including phenoxy) is 1. The van der Waals surface area contributed by atoms with Gasteiger partial charge in [0.1, 0.15) is 17.2 Å². The van der Waals surface area contributed by atoms with Gasteiger partial charge in [0, 0.05) is 49.7 Å². The SMILES string of the molecule is CCOC(=O)N1CCC2(CC1)N=C(c1ccccc1O)C[C@@H](c1ccc(F)c(Cl)c1)N2. The Morgan fingerprint density at radius 2 is 2.06 bits per heavy atom. The maximum Gasteiger partial charge on any atom is 0.409 e. The number of carbonyl (C=O) groups is 1. The number of phenolic OH excluding ortho intramolecular Hbond substituents is 1. The van der Waals surface area contributed by atoms with Gasteiger partial charge in [-0.25, -0.2) is 9.18 Å². The molecule has 2 aliphatic rings. The van der Waals surface area contributed by atoms with Crippen LogP contribution in [-0.2, 0) is 4.74 Å². The first-order valence-electron chi connectivity index (χ1n) is 10.4. The Hall–Kier alpha value is -2.64. The van der Waals surface area contributed by atoms with Crippen molar-refractivity contribution in [2.24, 2.45) is 4.99 Å². The maximum atomic E-state index is 13.7. The van der Waals surface area contributed by atoms with Gasteiger partial charge in [-0.1, -0.05) is 29.8 Å². The fraction of sp³-hybridized carbons (Fsp3) is 0.391. The van der Waals surface area contributed by atoms with Gasteiger partial charge < -0.3 is 14.7 Å². The van der Waals surface area contributed by atoms with Crippen molar-refractivity contribution in [1.29, 1.82) is 0 Å². The number of hydrogen-bond acceptors (Lipinski definition) is 5. The van der Waals surface area contributed by atoms with Crippen molar-refractivity contribution in [3.8, 4) is 5.75 Å². The highest BCUT2D eigenvalue weighted by Crippen LogP contribution is 2.37. The fourth-order valence-corrected chi connectivity index (χ4v) is 4.44. The standard InChI is InChI=1S/C23H25ClFN3O3/c1-2-31-22(30)28-11-9-23(10-12-28)26-19(15-7-8-18(25)17(24)13-15)14-20(27-23)16-5-3-4-6-21(16)29/h3-8,13,19,26,29H,2,9-12,14H2,1H3/t19-/m0/s1. The summed E-state index contributed by atoms with van der Waals surface area (Å²) >= 11 is 6.04. The van der Waals surface area contributed by atoms with Crippen LogP contribution in [0.1, 0.15) is 43.4 Å². The second-order valence-corrected chi connectivity index (χ2v) is 8.27. The minimum atomic E-state index is -0.607. The lowest BCUT2D eigenvalue weighted by molar-refractivity contribution is 0.0779. The molecule has 0 aliphatic carbocycles. The van der Waals surface area contributed by atoms with Crippen LogP contribution in [0.4, 0.5) is 9.18 Å². The minimum absolute atomic E-state index is 0.0668. The molecule has 1 amide bonds. The molecular weight excluding hydrogens is 421 g/mol. The first kappa shape index (κ1) is 21.6. The molecule has 2 aromatic carbocycles. The predicted molar refractivity (Wildman–Crippen MR) is 117 cm³/mol. The second kappa shape index (κ2) is 8.85. The number of phenols is 1. The number of aromatic hydroxyl groups is 1. The van der Waals surface area contributed by atoms with Crippen LogP contribution in [0.3, 0.4) is 0 Å². The molecule has 0 radical (unpaired) electrons. The second-order valence-electron chi connectivity index (χ2n) is 7.87. The molecule has 1 saturated heterocycles. The van der Waals surface area contributed by atoms with E-state index in [1.54, 1.807) is 36.1 Å². The van der Waals surface area contributed by atoms with E-state index in [2.05, 4.69) is 5.32 Å². The van der Waals surface area contributed by atoms with Gasteiger partial charge in [-0.15, -0.1) is 0 Å². The van der Waals surface area contributed by atoms with Gasteiger partial charge >= 0.3 is 6.09 Å². The third-order valence-corrected chi connectivity index (χ3v) is 6.16. The number of piperidine rings is 1. The van der Waals surface area contributed by atoms with Crippen LogP contribution < -0.4 is 5.32 Å². The lowest BCUT2D eigenvalue weighted by Crippen LogP contribution is -2.56. The molecular formula is C23H25ClFN3O3. The van der Waals surface area contributed by atoms with Gasteiger partial charge in [-0.2, -0.15) is 0 Å². The number of para-hydroxylation sites is 1. The monoisotopic (exact) mass is 445 g/mol. The van der Waals surface area contributed by atoms with Crippen molar-refractivity contribution in [2.75, 3.05) is 19.7 Å². The number of nitrogens with one attached hydrogen (secondary N) is 1. The van der Waals surface area contributed by atoms with E-state index in [4.69, 9.17) is 21.3 Å². The largest absolute Gasteiger partial charge is 0.507 e. The molecule has 0 saturated carbocycles. The van der Waals surface area contributed by atoms with Crippen LogP contribution in [0.5, 0.6) is 5.75 Å². The molecule has 1 fully saturated rings. The van der Waals surface area contributed by atoms with Crippen LogP contribution in [0, 0.1) is 5.82 Å². The lowest BCUT2D eigenvalue weighted by atomic mass is 9.87. The number of amides is 1. The van der Waals surface area contributed by atoms with E-state index in [9.17, 15) is 14.3 Å². The lowest BCUT2D eigenvalue weighted by Gasteiger charge is -2.45. The Labute approximate surface area is 185 Å². The van der Waals surface area contributed by atoms with Crippen molar-refractivity contribution in [1.82, 2.24) is 10.2 Å². The van der Waals surface area contributed by atoms with Crippen LogP contribution in [0.2, 0.25) is 5.02 Å². The normalized spacial score (nSPS) is 20.4. The number of rotatable bonds is 3. The minimum Gasteiger partial charge on any atom is -0.507 e. The van der Waals surface area contributed by atoms with Crippen molar-refractivity contribution < 1.29 is 19.0 Å². The number of benzene rings is 2. The number of likely N-dealkylation sites (tertiary alicyclic amines) is 1. The topological polar surface area (TPSA) is 74.2 Å². The third kappa shape index (κ3) is 4.52. The molecule has 2 N–H and O–H groups in total. The van der Waals surface area contributed by atoms with E-state index >= 15 is 0 Å². The van der Waals surface area contributed by atoms with Gasteiger partial charge in [-0.3, -0.25) is 10.3 Å². The van der Waals surface area contributed by atoms with E-state index in [0.29, 0.717) is 44.5 Å². The first-order chi connectivity index (χ1) is 14.9. The molecule has 8 heteroatoms. The van der Waals surface area contributed by atoms with E-state index in [1.165, 1.54) is 6.07 Å². The summed E-state index contributed by atoms with van der Waals surface area (Å²) in [5.41, 5.74) is 1.69. The molecule has 0 bridgehead atoms. The quantitative estimate of drug-likeness (QED) is 0.720. The Balaban J connectivity index is 1.66. The van der Waals surface area contributed by atoms with Crippen LogP contribution in [0.25, 0.3) is 0 Å². The molecule has 1 atom stereocenters. The summed E-state index contributed by atoms with van der Waals surface area (Å²) in [4.78, 5) is 18.8. The molecule has 2 aromatic rings. The predicted octanol–water partition coefficient (Wildman–Crippen LogP) is 4.66. The van der Waals surface area contributed by atoms with Crippen molar-refractivity contribution in [3.63, 3.8) is 0 Å². The number of hydrogen-bond donors (Lipinski definition) is 2. The Bertz CT molecular complexity index is 1010. The van der Waals surface area contributed by atoms with Crippen LogP contribution in [0.15, 0.2) is 47.5 Å². The Morgan fingerprint density at radius 3 is 2.74 bits per heavy atom. The highest BCUT2D eigenvalue weighted by atomic mass is 35.5. The van der Waals surface area contributed by atoms with Crippen molar-refractivity contribution >= 4 is 23.4 Å². The zero-order valence-electron chi connectivity index (χ0n) is 17.3. The number of halogens is 2. The van der Waals surface area contributed by atoms with E-state index in [0.717, 1.165) is 11.3 Å². The smallest absolute Gasteiger partial charge is 0.409 e. The first-order valence-corrected chi connectivity index (χ1v) is 10.8. The van der Waals surface area contributed by atoms with Crippen molar-refractivity contribution in [3.05, 3.63) is 64.4 Å². The van der Waals surface area contributed by atoms with E-state index in [-0.39, 0.29) is 22.9 Å². The highest BCUT2D eigenvalue weighted by molar-refractivity contribution is 6.30. The Morgan fingerprint density at radius 1 is 1.32 bits per heavy atom. The van der Waals surface area contributed by atoms with E-state index in [1.807, 2.05) is 12.1 Å².